The molecule has 0 amide bonds. The average Bonchev–Trinajstić information content (AvgIpc) is 2.35. The van der Waals surface area contributed by atoms with Crippen LogP contribution in [0.5, 0.6) is 0 Å². The zero-order chi connectivity index (χ0) is 16.2. The van der Waals surface area contributed by atoms with Crippen molar-refractivity contribution in [3.63, 3.8) is 0 Å². The highest BCUT2D eigenvalue weighted by Crippen LogP contribution is 2.17. The van der Waals surface area contributed by atoms with Crippen molar-refractivity contribution in [2.75, 3.05) is 6.61 Å². The van der Waals surface area contributed by atoms with E-state index in [1.54, 1.807) is 19.9 Å². The van der Waals surface area contributed by atoms with Gasteiger partial charge in [0.15, 0.2) is 12.4 Å². The van der Waals surface area contributed by atoms with Crippen molar-refractivity contribution >= 4 is 17.5 Å². The van der Waals surface area contributed by atoms with Crippen LogP contribution in [0, 0.1) is 43.4 Å². The molecule has 0 aliphatic heterocycles. The number of benzene rings is 1. The summed E-state index contributed by atoms with van der Waals surface area (Å²) in [6.07, 6.45) is 0. The maximum absolute atomic E-state index is 12.1. The molecule has 5 nitrogen and oxygen atoms in total. The largest absolute Gasteiger partial charge is 0.454 e. The molecule has 0 fully saturated rings. The number of esters is 1. The van der Waals surface area contributed by atoms with Gasteiger partial charge >= 0.3 is 5.97 Å². The van der Waals surface area contributed by atoms with E-state index in [9.17, 15) is 9.59 Å². The minimum absolute atomic E-state index is 0.0544. The third kappa shape index (κ3) is 3.99. The predicted molar refractivity (Wildman–Crippen MR) is 78.4 cm³/mol. The number of rotatable bonds is 5. The number of nitriles is 1. The lowest BCUT2D eigenvalue weighted by Crippen LogP contribution is -2.26. The van der Waals surface area contributed by atoms with E-state index in [-0.39, 0.29) is 5.71 Å². The van der Waals surface area contributed by atoms with Crippen molar-refractivity contribution in [1.82, 2.24) is 0 Å². The molecule has 1 N–H and O–H groups in total. The Hall–Kier alpha value is -2.48. The second kappa shape index (κ2) is 6.80. The molecule has 0 saturated heterocycles. The highest BCUT2D eigenvalue weighted by atomic mass is 16.5. The molecule has 0 unspecified atom stereocenters. The van der Waals surface area contributed by atoms with Crippen LogP contribution < -0.4 is 0 Å². The van der Waals surface area contributed by atoms with E-state index >= 15 is 0 Å². The summed E-state index contributed by atoms with van der Waals surface area (Å²) in [7, 11) is 0. The lowest BCUT2D eigenvalue weighted by molar-refractivity contribution is -0.122. The highest BCUT2D eigenvalue weighted by Gasteiger charge is 2.22. The van der Waals surface area contributed by atoms with Crippen LogP contribution in [0.3, 0.4) is 0 Å². The summed E-state index contributed by atoms with van der Waals surface area (Å²) in [6.45, 7) is 6.42. The minimum Gasteiger partial charge on any atom is -0.454 e. The first kappa shape index (κ1) is 16.6. The Kier molecular flexibility index (Phi) is 5.37. The minimum atomic E-state index is -1.15. The molecule has 0 aliphatic rings. The Morgan fingerprint density at radius 1 is 1.29 bits per heavy atom. The number of nitrogens with one attached hydrogen (secondary N) is 1. The number of nitrogens with zero attached hydrogens (tertiary/aromatic N) is 1. The van der Waals surface area contributed by atoms with Crippen LogP contribution >= 0.6 is 0 Å². The van der Waals surface area contributed by atoms with E-state index < -0.39 is 24.3 Å². The summed E-state index contributed by atoms with van der Waals surface area (Å²) in [5.41, 5.74) is 2.99. The van der Waals surface area contributed by atoms with Gasteiger partial charge in [-0.25, -0.2) is 4.79 Å². The fourth-order valence-electron chi connectivity index (χ4n) is 2.20. The molecule has 0 spiro atoms. The number of hydrogen-bond acceptors (Lipinski definition) is 5. The monoisotopic (exact) mass is 286 g/mol. The molecule has 0 aromatic heterocycles. The fourth-order valence-corrected chi connectivity index (χ4v) is 2.20. The van der Waals surface area contributed by atoms with Gasteiger partial charge in [-0.1, -0.05) is 17.7 Å². The topological polar surface area (TPSA) is 91.0 Å². The average molecular weight is 286 g/mol. The standard InChI is InChI=1S/C16H18N2O3/c1-9-5-10(2)15(11(3)6-9)16(20)21-8-14(19)13(7-17)12(4)18/h5-6,13,18H,8H2,1-4H3/t13-/m0/s1. The number of Topliss-reactive ketones (excluding diaryl/α,β-unsaturated/α-hetero) is 1. The third-order valence-electron chi connectivity index (χ3n) is 3.11. The molecule has 21 heavy (non-hydrogen) atoms. The summed E-state index contributed by atoms with van der Waals surface area (Å²) < 4.78 is 4.99. The number of ketones is 1. The molecule has 1 rings (SSSR count). The van der Waals surface area contributed by atoms with Gasteiger partial charge in [-0.05, 0) is 38.8 Å². The van der Waals surface area contributed by atoms with Crippen molar-refractivity contribution in [3.8, 4) is 6.07 Å². The Morgan fingerprint density at radius 2 is 1.81 bits per heavy atom. The summed E-state index contributed by atoms with van der Waals surface area (Å²) in [6, 6.07) is 5.46. The second-order valence-corrected chi connectivity index (χ2v) is 5.06. The van der Waals surface area contributed by atoms with E-state index in [2.05, 4.69) is 0 Å². The lowest BCUT2D eigenvalue weighted by Gasteiger charge is -2.11. The van der Waals surface area contributed by atoms with Crippen LogP contribution in [-0.4, -0.2) is 24.1 Å². The normalized spacial score (nSPS) is 11.4. The molecular weight excluding hydrogens is 268 g/mol. The quantitative estimate of drug-likeness (QED) is 0.665. The summed E-state index contributed by atoms with van der Waals surface area (Å²) in [4.78, 5) is 23.8. The van der Waals surface area contributed by atoms with Gasteiger partial charge in [0.05, 0.1) is 11.6 Å². The van der Waals surface area contributed by atoms with E-state index in [1.807, 2.05) is 19.1 Å². The van der Waals surface area contributed by atoms with Crippen LogP contribution in [0.4, 0.5) is 0 Å². The highest BCUT2D eigenvalue weighted by molar-refractivity contribution is 6.06. The molecule has 0 aliphatic carbocycles. The molecule has 0 heterocycles. The van der Waals surface area contributed by atoms with E-state index in [4.69, 9.17) is 15.4 Å². The molecule has 0 saturated carbocycles. The van der Waals surface area contributed by atoms with Gasteiger partial charge < -0.3 is 10.1 Å². The number of aryl methyl sites for hydroxylation is 3. The van der Waals surface area contributed by atoms with E-state index in [0.29, 0.717) is 5.56 Å². The first-order valence-electron chi connectivity index (χ1n) is 6.50. The number of ether oxygens (including phenoxy) is 1. The van der Waals surface area contributed by atoms with Gasteiger partial charge in [0.25, 0.3) is 0 Å². The smallest absolute Gasteiger partial charge is 0.339 e. The van der Waals surface area contributed by atoms with Crippen LogP contribution in [0.1, 0.15) is 34.0 Å². The maximum atomic E-state index is 12.1. The van der Waals surface area contributed by atoms with Crippen molar-refractivity contribution in [3.05, 3.63) is 34.4 Å². The zero-order valence-electron chi connectivity index (χ0n) is 12.6. The molecule has 1 atom stereocenters. The van der Waals surface area contributed by atoms with Gasteiger partial charge in [0.1, 0.15) is 5.92 Å². The molecule has 0 radical (unpaired) electrons. The van der Waals surface area contributed by atoms with Crippen LogP contribution in [-0.2, 0) is 9.53 Å². The van der Waals surface area contributed by atoms with Crippen molar-refractivity contribution < 1.29 is 14.3 Å². The Morgan fingerprint density at radius 3 is 2.24 bits per heavy atom. The van der Waals surface area contributed by atoms with Gasteiger partial charge in [-0.2, -0.15) is 5.26 Å². The van der Waals surface area contributed by atoms with Crippen molar-refractivity contribution in [1.29, 1.82) is 10.7 Å². The van der Waals surface area contributed by atoms with Crippen LogP contribution in [0.25, 0.3) is 0 Å². The Balaban J connectivity index is 2.83. The molecular formula is C16H18N2O3. The summed E-state index contributed by atoms with van der Waals surface area (Å²) in [5.74, 6) is -2.32. The van der Waals surface area contributed by atoms with E-state index in [0.717, 1.165) is 16.7 Å². The first-order valence-corrected chi connectivity index (χ1v) is 6.50. The third-order valence-corrected chi connectivity index (χ3v) is 3.11. The fraction of sp³-hybridized carbons (Fsp3) is 0.375. The number of carbonyl (C=O) groups excluding carboxylic acids is 2. The Labute approximate surface area is 124 Å². The van der Waals surface area contributed by atoms with Gasteiger partial charge in [-0.15, -0.1) is 0 Å². The maximum Gasteiger partial charge on any atom is 0.339 e. The number of carbonyl (C=O) groups is 2. The van der Waals surface area contributed by atoms with Gasteiger partial charge in [0, 0.05) is 5.71 Å². The molecule has 1 aromatic carbocycles. The predicted octanol–water partition coefficient (Wildman–Crippen LogP) is 2.52. The van der Waals surface area contributed by atoms with E-state index in [1.165, 1.54) is 6.92 Å². The summed E-state index contributed by atoms with van der Waals surface area (Å²) >= 11 is 0. The first-order chi connectivity index (χ1) is 9.77. The molecule has 0 bridgehead atoms. The van der Waals surface area contributed by atoms with Crippen molar-refractivity contribution in [2.24, 2.45) is 5.92 Å². The Bertz CT molecular complexity index is 618. The summed E-state index contributed by atoms with van der Waals surface area (Å²) in [5, 5.41) is 16.2. The SMILES string of the molecule is CC(=N)[C@H](C#N)C(=O)COC(=O)c1c(C)cc(C)cc1C. The molecule has 5 heteroatoms. The van der Waals surface area contributed by atoms with Crippen molar-refractivity contribution in [2.45, 2.75) is 27.7 Å². The van der Waals surface area contributed by atoms with Gasteiger partial charge in [-0.3, -0.25) is 4.79 Å². The second-order valence-electron chi connectivity index (χ2n) is 5.06. The molecule has 1 aromatic rings. The van der Waals surface area contributed by atoms with Crippen LogP contribution in [0.2, 0.25) is 0 Å². The molecule has 110 valence electrons. The number of hydrogen-bond donors (Lipinski definition) is 1. The zero-order valence-corrected chi connectivity index (χ0v) is 12.6. The lowest BCUT2D eigenvalue weighted by atomic mass is 10.00. The van der Waals surface area contributed by atoms with Gasteiger partial charge in [0.2, 0.25) is 0 Å². The van der Waals surface area contributed by atoms with Crippen LogP contribution in [0.15, 0.2) is 12.1 Å².